The Morgan fingerprint density at radius 1 is 1.24 bits per heavy atom. The van der Waals surface area contributed by atoms with Crippen LogP contribution < -0.4 is 9.47 Å². The van der Waals surface area contributed by atoms with Gasteiger partial charge in [0.1, 0.15) is 11.5 Å². The zero-order valence-electron chi connectivity index (χ0n) is 10.5. The number of benzene rings is 1. The zero-order chi connectivity index (χ0) is 12.7. The Bertz CT molecular complexity index is 374. The maximum Gasteiger partial charge on any atom is 0.310 e. The second-order valence-electron chi connectivity index (χ2n) is 3.39. The van der Waals surface area contributed by atoms with Crippen molar-refractivity contribution in [3.63, 3.8) is 0 Å². The summed E-state index contributed by atoms with van der Waals surface area (Å²) in [4.78, 5) is 11.4. The lowest BCUT2D eigenvalue weighted by atomic mass is 10.1. The summed E-state index contributed by atoms with van der Waals surface area (Å²) in [5.74, 6) is 1.12. The molecule has 0 saturated carbocycles. The van der Waals surface area contributed by atoms with Gasteiger partial charge in [-0.05, 0) is 19.9 Å². The summed E-state index contributed by atoms with van der Waals surface area (Å²) in [7, 11) is 1.59. The van der Waals surface area contributed by atoms with E-state index in [-0.39, 0.29) is 12.4 Å². The molecular weight excluding hydrogens is 220 g/mol. The zero-order valence-corrected chi connectivity index (χ0v) is 10.5. The van der Waals surface area contributed by atoms with E-state index in [0.717, 1.165) is 5.56 Å². The van der Waals surface area contributed by atoms with Crippen molar-refractivity contribution in [3.05, 3.63) is 23.8 Å². The first-order chi connectivity index (χ1) is 8.21. The molecule has 4 nitrogen and oxygen atoms in total. The molecule has 0 aliphatic rings. The van der Waals surface area contributed by atoms with Crippen LogP contribution in [0.1, 0.15) is 19.4 Å². The molecule has 0 spiro atoms. The summed E-state index contributed by atoms with van der Waals surface area (Å²) in [5, 5.41) is 0. The molecule has 0 bridgehead atoms. The summed E-state index contributed by atoms with van der Waals surface area (Å²) in [6.45, 7) is 4.62. The van der Waals surface area contributed by atoms with Crippen molar-refractivity contribution in [3.8, 4) is 11.5 Å². The highest BCUT2D eigenvalue weighted by molar-refractivity contribution is 5.73. The fourth-order valence-corrected chi connectivity index (χ4v) is 1.47. The van der Waals surface area contributed by atoms with Gasteiger partial charge in [0.2, 0.25) is 0 Å². The van der Waals surface area contributed by atoms with Crippen molar-refractivity contribution in [2.24, 2.45) is 0 Å². The van der Waals surface area contributed by atoms with Gasteiger partial charge >= 0.3 is 5.97 Å². The van der Waals surface area contributed by atoms with Crippen molar-refractivity contribution in [2.75, 3.05) is 20.3 Å². The summed E-state index contributed by atoms with van der Waals surface area (Å²) in [6, 6.07) is 5.40. The molecular formula is C13H18O4. The van der Waals surface area contributed by atoms with Crippen LogP contribution in [-0.4, -0.2) is 26.3 Å². The van der Waals surface area contributed by atoms with E-state index in [4.69, 9.17) is 14.2 Å². The van der Waals surface area contributed by atoms with Gasteiger partial charge in [0.25, 0.3) is 0 Å². The minimum Gasteiger partial charge on any atom is -0.497 e. The molecule has 0 unspecified atom stereocenters. The van der Waals surface area contributed by atoms with Crippen molar-refractivity contribution < 1.29 is 19.0 Å². The molecule has 94 valence electrons. The quantitative estimate of drug-likeness (QED) is 0.713. The predicted molar refractivity (Wildman–Crippen MR) is 64.5 cm³/mol. The van der Waals surface area contributed by atoms with E-state index in [1.165, 1.54) is 0 Å². The van der Waals surface area contributed by atoms with Gasteiger partial charge in [-0.3, -0.25) is 4.79 Å². The molecule has 1 aromatic rings. The third-order valence-electron chi connectivity index (χ3n) is 2.21. The van der Waals surface area contributed by atoms with Crippen LogP contribution in [0.5, 0.6) is 11.5 Å². The third-order valence-corrected chi connectivity index (χ3v) is 2.21. The van der Waals surface area contributed by atoms with Crippen LogP contribution in [-0.2, 0) is 16.0 Å². The maximum atomic E-state index is 11.4. The Labute approximate surface area is 101 Å². The molecule has 0 heterocycles. The number of ether oxygens (including phenoxy) is 3. The van der Waals surface area contributed by atoms with Crippen LogP contribution in [0.15, 0.2) is 18.2 Å². The first kappa shape index (κ1) is 13.4. The highest BCUT2D eigenvalue weighted by Gasteiger charge is 2.10. The normalized spacial score (nSPS) is 9.82. The molecule has 4 heteroatoms. The lowest BCUT2D eigenvalue weighted by Crippen LogP contribution is -2.09. The molecule has 17 heavy (non-hydrogen) atoms. The monoisotopic (exact) mass is 238 g/mol. The van der Waals surface area contributed by atoms with E-state index in [9.17, 15) is 4.79 Å². The largest absolute Gasteiger partial charge is 0.497 e. The number of rotatable bonds is 6. The van der Waals surface area contributed by atoms with Crippen molar-refractivity contribution in [1.82, 2.24) is 0 Å². The lowest BCUT2D eigenvalue weighted by molar-refractivity contribution is -0.142. The third kappa shape index (κ3) is 3.98. The number of esters is 1. The Hall–Kier alpha value is -1.71. The van der Waals surface area contributed by atoms with E-state index in [1.807, 2.05) is 13.0 Å². The second kappa shape index (κ2) is 6.78. The molecule has 0 aliphatic heterocycles. The van der Waals surface area contributed by atoms with Crippen LogP contribution in [0.4, 0.5) is 0 Å². The van der Waals surface area contributed by atoms with Gasteiger partial charge in [-0.1, -0.05) is 6.07 Å². The predicted octanol–water partition coefficient (Wildman–Crippen LogP) is 2.20. The van der Waals surface area contributed by atoms with Crippen molar-refractivity contribution in [2.45, 2.75) is 20.3 Å². The summed E-state index contributed by atoms with van der Waals surface area (Å²) < 4.78 is 15.5. The lowest BCUT2D eigenvalue weighted by Gasteiger charge is -2.11. The maximum absolute atomic E-state index is 11.4. The molecule has 0 atom stereocenters. The van der Waals surface area contributed by atoms with Gasteiger partial charge in [0.15, 0.2) is 0 Å². The van der Waals surface area contributed by atoms with E-state index in [1.54, 1.807) is 26.2 Å². The Kier molecular flexibility index (Phi) is 5.33. The molecule has 0 radical (unpaired) electrons. The summed E-state index contributed by atoms with van der Waals surface area (Å²) >= 11 is 0. The first-order valence-electron chi connectivity index (χ1n) is 5.66. The molecule has 1 aromatic carbocycles. The van der Waals surface area contributed by atoms with E-state index >= 15 is 0 Å². The van der Waals surface area contributed by atoms with Crippen LogP contribution in [0.25, 0.3) is 0 Å². The SMILES string of the molecule is CCOC(=O)Cc1ccc(OC)cc1OCC. The van der Waals surface area contributed by atoms with Gasteiger partial charge in [-0.15, -0.1) is 0 Å². The van der Waals surface area contributed by atoms with Gasteiger partial charge in [0, 0.05) is 11.6 Å². The van der Waals surface area contributed by atoms with Crippen molar-refractivity contribution >= 4 is 5.97 Å². The van der Waals surface area contributed by atoms with E-state index in [2.05, 4.69) is 0 Å². The molecule has 0 aliphatic carbocycles. The fraction of sp³-hybridized carbons (Fsp3) is 0.462. The van der Waals surface area contributed by atoms with E-state index < -0.39 is 0 Å². The number of carbonyl (C=O) groups excluding carboxylic acids is 1. The summed E-state index contributed by atoms with van der Waals surface area (Å²) in [6.07, 6.45) is 0.215. The first-order valence-corrected chi connectivity index (χ1v) is 5.66. The minimum absolute atomic E-state index is 0.215. The van der Waals surface area contributed by atoms with Crippen LogP contribution in [0.3, 0.4) is 0 Å². The Balaban J connectivity index is 2.85. The van der Waals surface area contributed by atoms with Crippen LogP contribution in [0.2, 0.25) is 0 Å². The standard InChI is InChI=1S/C13H18O4/c1-4-16-12-9-11(15-3)7-6-10(12)8-13(14)17-5-2/h6-7,9H,4-5,8H2,1-3H3. The number of carbonyl (C=O) groups is 1. The van der Waals surface area contributed by atoms with Gasteiger partial charge in [-0.2, -0.15) is 0 Å². The molecule has 0 N–H and O–H groups in total. The molecule has 0 saturated heterocycles. The molecule has 0 fully saturated rings. The highest BCUT2D eigenvalue weighted by Crippen LogP contribution is 2.25. The number of methoxy groups -OCH3 is 1. The average molecular weight is 238 g/mol. The van der Waals surface area contributed by atoms with Crippen LogP contribution >= 0.6 is 0 Å². The number of hydrogen-bond donors (Lipinski definition) is 0. The Morgan fingerprint density at radius 3 is 2.59 bits per heavy atom. The fourth-order valence-electron chi connectivity index (χ4n) is 1.47. The van der Waals surface area contributed by atoms with Gasteiger partial charge in [0.05, 0.1) is 26.7 Å². The molecule has 0 amide bonds. The Morgan fingerprint density at radius 2 is 2.00 bits per heavy atom. The highest BCUT2D eigenvalue weighted by atomic mass is 16.5. The molecule has 0 aromatic heterocycles. The molecule has 1 rings (SSSR count). The summed E-state index contributed by atoms with van der Waals surface area (Å²) in [5.41, 5.74) is 0.811. The van der Waals surface area contributed by atoms with Gasteiger partial charge in [-0.25, -0.2) is 0 Å². The smallest absolute Gasteiger partial charge is 0.310 e. The topological polar surface area (TPSA) is 44.8 Å². The second-order valence-corrected chi connectivity index (χ2v) is 3.39. The van der Waals surface area contributed by atoms with Crippen LogP contribution in [0, 0.1) is 0 Å². The van der Waals surface area contributed by atoms with Gasteiger partial charge < -0.3 is 14.2 Å². The van der Waals surface area contributed by atoms with E-state index in [0.29, 0.717) is 24.7 Å². The minimum atomic E-state index is -0.251. The number of hydrogen-bond acceptors (Lipinski definition) is 4. The van der Waals surface area contributed by atoms with Crippen molar-refractivity contribution in [1.29, 1.82) is 0 Å². The average Bonchev–Trinajstić information content (AvgIpc) is 2.32.